The Morgan fingerprint density at radius 3 is 2.64 bits per heavy atom. The normalized spacial score (nSPS) is 10.4. The summed E-state index contributed by atoms with van der Waals surface area (Å²) in [5.41, 5.74) is 1.50. The number of phenolic OH excluding ortho intramolecular Hbond substituents is 1. The molecule has 0 radical (unpaired) electrons. The number of hydrogen-bond donors (Lipinski definition) is 1. The number of methoxy groups -OCH3 is 1. The highest BCUT2D eigenvalue weighted by molar-refractivity contribution is 7.17. The van der Waals surface area contributed by atoms with Crippen molar-refractivity contribution >= 4 is 17.1 Å². The van der Waals surface area contributed by atoms with E-state index in [0.29, 0.717) is 10.4 Å². The number of hydrogen-bond acceptors (Lipinski definition) is 4. The van der Waals surface area contributed by atoms with Crippen LogP contribution in [0.2, 0.25) is 0 Å². The standard InChI is InChI=1S/C18H14O3S/c1-21-15-7-3-4-12(11-15)16-8-9-17(22-16)18(20)13-5-2-6-14(19)10-13/h2-11,19H,1H3. The number of benzene rings is 2. The minimum atomic E-state index is -0.0879. The Labute approximate surface area is 132 Å². The molecule has 0 unspecified atom stereocenters. The first kappa shape index (κ1) is 14.4. The Hall–Kier alpha value is -2.59. The number of ketones is 1. The summed E-state index contributed by atoms with van der Waals surface area (Å²) in [4.78, 5) is 14.1. The van der Waals surface area contributed by atoms with Gasteiger partial charge in [-0.25, -0.2) is 0 Å². The van der Waals surface area contributed by atoms with Crippen LogP contribution in [0.4, 0.5) is 0 Å². The molecular formula is C18H14O3S. The highest BCUT2D eigenvalue weighted by atomic mass is 32.1. The van der Waals surface area contributed by atoms with E-state index in [9.17, 15) is 9.90 Å². The largest absolute Gasteiger partial charge is 0.508 e. The van der Waals surface area contributed by atoms with Crippen LogP contribution in [0.1, 0.15) is 15.2 Å². The maximum atomic E-state index is 12.4. The lowest BCUT2D eigenvalue weighted by atomic mass is 10.1. The Kier molecular flexibility index (Phi) is 3.94. The quantitative estimate of drug-likeness (QED) is 0.728. The number of carbonyl (C=O) groups excluding carboxylic acids is 1. The SMILES string of the molecule is COc1cccc(-c2ccc(C(=O)c3cccc(O)c3)s2)c1. The molecule has 0 saturated carbocycles. The van der Waals surface area contributed by atoms with Gasteiger partial charge < -0.3 is 9.84 Å². The van der Waals surface area contributed by atoms with Gasteiger partial charge >= 0.3 is 0 Å². The van der Waals surface area contributed by atoms with Gasteiger partial charge in [-0.05, 0) is 42.0 Å². The molecule has 3 aromatic rings. The van der Waals surface area contributed by atoms with Gasteiger partial charge in [0.15, 0.2) is 0 Å². The van der Waals surface area contributed by atoms with Crippen LogP contribution in [0.5, 0.6) is 11.5 Å². The van der Waals surface area contributed by atoms with Crippen molar-refractivity contribution in [2.45, 2.75) is 0 Å². The van der Waals surface area contributed by atoms with Crippen molar-refractivity contribution in [2.75, 3.05) is 7.11 Å². The van der Waals surface area contributed by atoms with Gasteiger partial charge in [0.2, 0.25) is 5.78 Å². The summed E-state index contributed by atoms with van der Waals surface area (Å²) in [5.74, 6) is 0.789. The average molecular weight is 310 g/mol. The van der Waals surface area contributed by atoms with Gasteiger partial charge in [0, 0.05) is 10.4 Å². The fourth-order valence-corrected chi connectivity index (χ4v) is 3.15. The third-order valence-corrected chi connectivity index (χ3v) is 4.43. The zero-order chi connectivity index (χ0) is 15.5. The predicted octanol–water partition coefficient (Wildman–Crippen LogP) is 4.36. The topological polar surface area (TPSA) is 46.5 Å². The van der Waals surface area contributed by atoms with Crippen molar-refractivity contribution in [3.8, 4) is 21.9 Å². The fourth-order valence-electron chi connectivity index (χ4n) is 2.18. The third-order valence-electron chi connectivity index (χ3n) is 3.29. The van der Waals surface area contributed by atoms with E-state index in [1.807, 2.05) is 36.4 Å². The van der Waals surface area contributed by atoms with Crippen LogP contribution in [0.3, 0.4) is 0 Å². The molecule has 0 spiro atoms. The van der Waals surface area contributed by atoms with E-state index in [1.165, 1.54) is 17.4 Å². The van der Waals surface area contributed by atoms with Gasteiger partial charge in [0.05, 0.1) is 12.0 Å². The molecule has 0 fully saturated rings. The molecule has 0 saturated heterocycles. The van der Waals surface area contributed by atoms with Gasteiger partial charge in [0.25, 0.3) is 0 Å². The first-order valence-electron chi connectivity index (χ1n) is 6.75. The maximum Gasteiger partial charge on any atom is 0.203 e. The number of carbonyl (C=O) groups is 1. The minimum Gasteiger partial charge on any atom is -0.508 e. The third kappa shape index (κ3) is 2.87. The Balaban J connectivity index is 1.91. The molecule has 0 bridgehead atoms. The van der Waals surface area contributed by atoms with Crippen LogP contribution < -0.4 is 4.74 Å². The number of aromatic hydroxyl groups is 1. The van der Waals surface area contributed by atoms with Crippen molar-refractivity contribution in [2.24, 2.45) is 0 Å². The second kappa shape index (κ2) is 6.03. The number of rotatable bonds is 4. The lowest BCUT2D eigenvalue weighted by molar-refractivity contribution is 0.104. The van der Waals surface area contributed by atoms with Gasteiger partial charge in [-0.1, -0.05) is 24.3 Å². The first-order valence-corrected chi connectivity index (χ1v) is 7.57. The van der Waals surface area contributed by atoms with Crippen LogP contribution in [-0.2, 0) is 0 Å². The molecule has 1 aromatic heterocycles. The molecule has 1 heterocycles. The molecule has 1 N–H and O–H groups in total. The molecule has 110 valence electrons. The van der Waals surface area contributed by atoms with Crippen molar-refractivity contribution in [3.63, 3.8) is 0 Å². The Morgan fingerprint density at radius 2 is 1.86 bits per heavy atom. The molecule has 4 heteroatoms. The second-order valence-corrected chi connectivity index (χ2v) is 5.86. The summed E-state index contributed by atoms with van der Waals surface area (Å²) in [5, 5.41) is 9.49. The number of ether oxygens (including phenoxy) is 1. The highest BCUT2D eigenvalue weighted by Gasteiger charge is 2.13. The van der Waals surface area contributed by atoms with Crippen LogP contribution in [0.15, 0.2) is 60.7 Å². The summed E-state index contributed by atoms with van der Waals surface area (Å²) in [7, 11) is 1.63. The van der Waals surface area contributed by atoms with Crippen LogP contribution in [0.25, 0.3) is 10.4 Å². The van der Waals surface area contributed by atoms with Crippen LogP contribution in [-0.4, -0.2) is 18.0 Å². The van der Waals surface area contributed by atoms with Crippen molar-refractivity contribution in [3.05, 3.63) is 71.1 Å². The minimum absolute atomic E-state index is 0.0879. The van der Waals surface area contributed by atoms with Crippen molar-refractivity contribution in [1.29, 1.82) is 0 Å². The molecule has 3 rings (SSSR count). The lowest BCUT2D eigenvalue weighted by Gasteiger charge is -2.02. The summed E-state index contributed by atoms with van der Waals surface area (Å²) in [6, 6.07) is 17.9. The lowest BCUT2D eigenvalue weighted by Crippen LogP contribution is -1.97. The predicted molar refractivity (Wildman–Crippen MR) is 87.8 cm³/mol. The van der Waals surface area contributed by atoms with Crippen molar-refractivity contribution in [1.82, 2.24) is 0 Å². The van der Waals surface area contributed by atoms with E-state index >= 15 is 0 Å². The van der Waals surface area contributed by atoms with Gasteiger partial charge in [-0.2, -0.15) is 0 Å². The zero-order valence-corrected chi connectivity index (χ0v) is 12.8. The summed E-state index contributed by atoms with van der Waals surface area (Å²) >= 11 is 1.43. The molecule has 22 heavy (non-hydrogen) atoms. The van der Waals surface area contributed by atoms with Gasteiger partial charge in [-0.3, -0.25) is 4.79 Å². The average Bonchev–Trinajstić information content (AvgIpc) is 3.04. The molecule has 2 aromatic carbocycles. The molecule has 0 aliphatic heterocycles. The van der Waals surface area contributed by atoms with E-state index in [1.54, 1.807) is 25.3 Å². The number of thiophene rings is 1. The van der Waals surface area contributed by atoms with Crippen LogP contribution >= 0.6 is 11.3 Å². The first-order chi connectivity index (χ1) is 10.7. The number of phenols is 1. The van der Waals surface area contributed by atoms with Crippen molar-refractivity contribution < 1.29 is 14.6 Å². The Bertz CT molecular complexity index is 820. The molecule has 0 amide bonds. The zero-order valence-electron chi connectivity index (χ0n) is 11.9. The Morgan fingerprint density at radius 1 is 1.05 bits per heavy atom. The van der Waals surface area contributed by atoms with E-state index in [0.717, 1.165) is 16.2 Å². The molecule has 0 atom stereocenters. The summed E-state index contributed by atoms with van der Waals surface area (Å²) in [6.45, 7) is 0. The van der Waals surface area contributed by atoms with E-state index in [2.05, 4.69) is 0 Å². The molecule has 3 nitrogen and oxygen atoms in total. The second-order valence-electron chi connectivity index (χ2n) is 4.78. The van der Waals surface area contributed by atoms with Gasteiger partial charge in [0.1, 0.15) is 11.5 Å². The van der Waals surface area contributed by atoms with E-state index in [-0.39, 0.29) is 11.5 Å². The molecule has 0 aliphatic carbocycles. The molecule has 0 aliphatic rings. The maximum absolute atomic E-state index is 12.4. The van der Waals surface area contributed by atoms with Gasteiger partial charge in [-0.15, -0.1) is 11.3 Å². The summed E-state index contributed by atoms with van der Waals surface area (Å²) < 4.78 is 5.22. The highest BCUT2D eigenvalue weighted by Crippen LogP contribution is 2.31. The smallest absolute Gasteiger partial charge is 0.203 e. The van der Waals surface area contributed by atoms with E-state index < -0.39 is 0 Å². The fraction of sp³-hybridized carbons (Fsp3) is 0.0556. The monoisotopic (exact) mass is 310 g/mol. The summed E-state index contributed by atoms with van der Waals surface area (Å²) in [6.07, 6.45) is 0. The van der Waals surface area contributed by atoms with E-state index in [4.69, 9.17) is 4.74 Å². The molecular weight excluding hydrogens is 296 g/mol. The van der Waals surface area contributed by atoms with Crippen LogP contribution in [0, 0.1) is 0 Å².